The topological polar surface area (TPSA) is 87.9 Å². The van der Waals surface area contributed by atoms with Gasteiger partial charge in [-0.1, -0.05) is 42.4 Å². The van der Waals surface area contributed by atoms with Crippen LogP contribution in [0.25, 0.3) is 11.1 Å². The Morgan fingerprint density at radius 1 is 1.15 bits per heavy atom. The predicted molar refractivity (Wildman–Crippen MR) is 131 cm³/mol. The van der Waals surface area contributed by atoms with E-state index in [1.54, 1.807) is 0 Å². The highest BCUT2D eigenvalue weighted by atomic mass is 16.6. The first-order chi connectivity index (χ1) is 16.4. The van der Waals surface area contributed by atoms with Crippen molar-refractivity contribution in [3.05, 3.63) is 82.9 Å². The molecule has 2 heterocycles. The van der Waals surface area contributed by atoms with Gasteiger partial charge in [0.1, 0.15) is 12.9 Å². The molecule has 0 atom stereocenters. The van der Waals surface area contributed by atoms with Gasteiger partial charge in [0.15, 0.2) is 0 Å². The number of carbonyl (C=O) groups is 1. The highest BCUT2D eigenvalue weighted by Crippen LogP contribution is 2.24. The van der Waals surface area contributed by atoms with E-state index in [0.29, 0.717) is 19.7 Å². The molecule has 1 aliphatic rings. The van der Waals surface area contributed by atoms with Gasteiger partial charge >= 0.3 is 5.97 Å². The molecule has 3 aromatic rings. The SMILES string of the molecule is CCc1cc(/C(C)=N/OCc2ccc(-c3cncnc3)c(C)c2)ccc1CN1CC(C(=O)O)C1. The zero-order valence-electron chi connectivity index (χ0n) is 19.9. The minimum absolute atomic E-state index is 0.233. The zero-order valence-corrected chi connectivity index (χ0v) is 19.9. The molecule has 0 radical (unpaired) electrons. The van der Waals surface area contributed by atoms with Crippen LogP contribution in [0.2, 0.25) is 0 Å². The lowest BCUT2D eigenvalue weighted by Crippen LogP contribution is -2.49. The van der Waals surface area contributed by atoms with Gasteiger partial charge < -0.3 is 9.94 Å². The highest BCUT2D eigenvalue weighted by Gasteiger charge is 2.32. The Morgan fingerprint density at radius 3 is 2.59 bits per heavy atom. The van der Waals surface area contributed by atoms with Crippen molar-refractivity contribution in [3.8, 4) is 11.1 Å². The molecule has 0 spiro atoms. The standard InChI is InChI=1S/C27H30N4O3/c1-4-21-10-22(6-7-23(21)13-31-14-25(15-31)27(32)33)19(3)30-34-16-20-5-8-26(18(2)9-20)24-11-28-17-29-12-24/h5-12,17,25H,4,13-16H2,1-3H3,(H,32,33)/b30-19+. The van der Waals surface area contributed by atoms with E-state index in [9.17, 15) is 4.79 Å². The quantitative estimate of drug-likeness (QED) is 0.376. The molecule has 1 aliphatic heterocycles. The molecule has 7 heteroatoms. The van der Waals surface area contributed by atoms with Crippen LogP contribution < -0.4 is 0 Å². The number of aliphatic carboxylic acids is 1. The molecule has 7 nitrogen and oxygen atoms in total. The molecule has 0 amide bonds. The van der Waals surface area contributed by atoms with Gasteiger partial charge in [0.05, 0.1) is 11.6 Å². The first-order valence-corrected chi connectivity index (χ1v) is 11.5. The Labute approximate surface area is 200 Å². The summed E-state index contributed by atoms with van der Waals surface area (Å²) in [6, 6.07) is 12.5. The Morgan fingerprint density at radius 2 is 1.91 bits per heavy atom. The highest BCUT2D eigenvalue weighted by molar-refractivity contribution is 5.98. The molecule has 1 aromatic heterocycles. The van der Waals surface area contributed by atoms with E-state index in [0.717, 1.165) is 46.5 Å². The number of likely N-dealkylation sites (tertiary alicyclic amines) is 1. The molecule has 4 rings (SSSR count). The monoisotopic (exact) mass is 458 g/mol. The number of hydrogen-bond acceptors (Lipinski definition) is 6. The minimum atomic E-state index is -0.703. The number of rotatable bonds is 9. The number of carboxylic acid groups (broad SMARTS) is 1. The fourth-order valence-electron chi connectivity index (χ4n) is 4.26. The molecule has 0 bridgehead atoms. The number of aromatic nitrogens is 2. The smallest absolute Gasteiger partial charge is 0.309 e. The third-order valence-corrected chi connectivity index (χ3v) is 6.30. The Hall–Kier alpha value is -3.58. The van der Waals surface area contributed by atoms with E-state index in [1.165, 1.54) is 17.5 Å². The van der Waals surface area contributed by atoms with Crippen molar-refractivity contribution < 1.29 is 14.7 Å². The second-order valence-corrected chi connectivity index (χ2v) is 8.79. The molecule has 176 valence electrons. The molecule has 1 fully saturated rings. The number of aryl methyl sites for hydroxylation is 2. The maximum atomic E-state index is 11.0. The lowest BCUT2D eigenvalue weighted by Gasteiger charge is -2.37. The van der Waals surface area contributed by atoms with E-state index < -0.39 is 5.97 Å². The number of benzene rings is 2. The number of oxime groups is 1. The van der Waals surface area contributed by atoms with Crippen LogP contribution in [0.4, 0.5) is 0 Å². The maximum absolute atomic E-state index is 11.0. The van der Waals surface area contributed by atoms with Gasteiger partial charge in [-0.2, -0.15) is 0 Å². The van der Waals surface area contributed by atoms with Gasteiger partial charge in [0.2, 0.25) is 0 Å². The van der Waals surface area contributed by atoms with Crippen LogP contribution in [0.3, 0.4) is 0 Å². The van der Waals surface area contributed by atoms with Gasteiger partial charge in [-0.15, -0.1) is 0 Å². The first kappa shape index (κ1) is 23.6. The molecular formula is C27H30N4O3. The summed E-state index contributed by atoms with van der Waals surface area (Å²) in [4.78, 5) is 27.1. The summed E-state index contributed by atoms with van der Waals surface area (Å²) in [6.07, 6.45) is 6.06. The molecule has 2 aromatic carbocycles. The number of hydrogen-bond donors (Lipinski definition) is 1. The van der Waals surface area contributed by atoms with Gasteiger partial charge in [0, 0.05) is 37.6 Å². The lowest BCUT2D eigenvalue weighted by molar-refractivity contribution is -0.147. The van der Waals surface area contributed by atoms with Gasteiger partial charge in [0.25, 0.3) is 0 Å². The molecule has 1 N–H and O–H groups in total. The molecule has 0 aliphatic carbocycles. The summed E-state index contributed by atoms with van der Waals surface area (Å²) in [6.45, 7) is 8.56. The summed E-state index contributed by atoms with van der Waals surface area (Å²) in [7, 11) is 0. The van der Waals surface area contributed by atoms with E-state index in [1.807, 2.05) is 25.4 Å². The Kier molecular flexibility index (Phi) is 7.33. The van der Waals surface area contributed by atoms with E-state index in [2.05, 4.69) is 64.2 Å². The van der Waals surface area contributed by atoms with Gasteiger partial charge in [-0.25, -0.2) is 9.97 Å². The zero-order chi connectivity index (χ0) is 24.1. The van der Waals surface area contributed by atoms with Crippen molar-refractivity contribution in [2.75, 3.05) is 13.1 Å². The Bertz CT molecular complexity index is 1190. The largest absolute Gasteiger partial charge is 0.481 e. The normalized spacial score (nSPS) is 14.6. The summed E-state index contributed by atoms with van der Waals surface area (Å²) in [5.41, 5.74) is 8.63. The van der Waals surface area contributed by atoms with Crippen LogP contribution in [0.1, 0.15) is 41.7 Å². The second kappa shape index (κ2) is 10.6. The minimum Gasteiger partial charge on any atom is -0.481 e. The molecular weight excluding hydrogens is 428 g/mol. The van der Waals surface area contributed by atoms with Crippen LogP contribution in [-0.4, -0.2) is 44.7 Å². The fourth-order valence-corrected chi connectivity index (χ4v) is 4.26. The maximum Gasteiger partial charge on any atom is 0.309 e. The van der Waals surface area contributed by atoms with Crippen LogP contribution >= 0.6 is 0 Å². The van der Waals surface area contributed by atoms with Crippen LogP contribution in [0, 0.1) is 12.8 Å². The van der Waals surface area contributed by atoms with Crippen molar-refractivity contribution in [2.24, 2.45) is 11.1 Å². The Balaban J connectivity index is 1.37. The van der Waals surface area contributed by atoms with E-state index in [-0.39, 0.29) is 5.92 Å². The second-order valence-electron chi connectivity index (χ2n) is 8.79. The fraction of sp³-hybridized carbons (Fsp3) is 0.333. The molecule has 0 saturated carbocycles. The van der Waals surface area contributed by atoms with Crippen LogP contribution in [0.15, 0.2) is 60.3 Å². The van der Waals surface area contributed by atoms with E-state index in [4.69, 9.17) is 9.94 Å². The van der Waals surface area contributed by atoms with Crippen LogP contribution in [0.5, 0.6) is 0 Å². The summed E-state index contributed by atoms with van der Waals surface area (Å²) < 4.78 is 0. The predicted octanol–water partition coefficient (Wildman–Crippen LogP) is 4.47. The van der Waals surface area contributed by atoms with Gasteiger partial charge in [-0.05, 0) is 59.7 Å². The summed E-state index contributed by atoms with van der Waals surface area (Å²) in [5, 5.41) is 13.4. The third-order valence-electron chi connectivity index (χ3n) is 6.30. The first-order valence-electron chi connectivity index (χ1n) is 11.5. The lowest BCUT2D eigenvalue weighted by atomic mass is 9.96. The van der Waals surface area contributed by atoms with E-state index >= 15 is 0 Å². The average molecular weight is 459 g/mol. The summed E-state index contributed by atoms with van der Waals surface area (Å²) in [5.74, 6) is -0.936. The molecule has 1 saturated heterocycles. The third kappa shape index (κ3) is 5.48. The average Bonchev–Trinajstić information content (AvgIpc) is 2.81. The van der Waals surface area contributed by atoms with Crippen LogP contribution in [-0.2, 0) is 29.2 Å². The van der Waals surface area contributed by atoms with Crippen molar-refractivity contribution in [3.63, 3.8) is 0 Å². The molecule has 0 unspecified atom stereocenters. The van der Waals surface area contributed by atoms with Crippen molar-refractivity contribution >= 4 is 11.7 Å². The van der Waals surface area contributed by atoms with Gasteiger partial charge in [-0.3, -0.25) is 9.69 Å². The number of nitrogens with zero attached hydrogens (tertiary/aromatic N) is 4. The molecule has 34 heavy (non-hydrogen) atoms. The van der Waals surface area contributed by atoms with Crippen molar-refractivity contribution in [2.45, 2.75) is 40.3 Å². The van der Waals surface area contributed by atoms with Crippen molar-refractivity contribution in [1.29, 1.82) is 0 Å². The number of carboxylic acids is 1. The van der Waals surface area contributed by atoms with Crippen molar-refractivity contribution in [1.82, 2.24) is 14.9 Å². The summed E-state index contributed by atoms with van der Waals surface area (Å²) >= 11 is 0.